The first kappa shape index (κ1) is 14.6. The van der Waals surface area contributed by atoms with E-state index in [1.807, 2.05) is 42.5 Å². The SMILES string of the molecule is CC(C(=O)O)N(C(=O)Cc1cccc2ccccc12)C1CC1. The molecule has 0 radical (unpaired) electrons. The molecular formula is C18H19NO3. The lowest BCUT2D eigenvalue weighted by Gasteiger charge is -2.26. The highest BCUT2D eigenvalue weighted by Gasteiger charge is 2.38. The molecule has 2 aromatic carbocycles. The van der Waals surface area contributed by atoms with Crippen LogP contribution in [0.15, 0.2) is 42.5 Å². The molecule has 114 valence electrons. The third-order valence-corrected chi connectivity index (χ3v) is 4.22. The van der Waals surface area contributed by atoms with Gasteiger partial charge in [0.25, 0.3) is 0 Å². The van der Waals surface area contributed by atoms with Crippen LogP contribution in [0.2, 0.25) is 0 Å². The predicted molar refractivity (Wildman–Crippen MR) is 84.6 cm³/mol. The van der Waals surface area contributed by atoms with Crippen molar-refractivity contribution in [2.45, 2.75) is 38.3 Å². The molecule has 1 unspecified atom stereocenters. The van der Waals surface area contributed by atoms with Gasteiger partial charge in [0, 0.05) is 6.04 Å². The van der Waals surface area contributed by atoms with Crippen LogP contribution in [0.1, 0.15) is 25.3 Å². The lowest BCUT2D eigenvalue weighted by Crippen LogP contribution is -2.45. The maximum Gasteiger partial charge on any atom is 0.326 e. The van der Waals surface area contributed by atoms with Gasteiger partial charge in [-0.05, 0) is 36.1 Å². The zero-order valence-electron chi connectivity index (χ0n) is 12.5. The van der Waals surface area contributed by atoms with Gasteiger partial charge in [-0.1, -0.05) is 42.5 Å². The number of carbonyl (C=O) groups is 2. The zero-order chi connectivity index (χ0) is 15.7. The summed E-state index contributed by atoms with van der Waals surface area (Å²) < 4.78 is 0. The van der Waals surface area contributed by atoms with Crippen molar-refractivity contribution in [1.82, 2.24) is 4.90 Å². The van der Waals surface area contributed by atoms with Gasteiger partial charge in [-0.25, -0.2) is 4.79 Å². The number of carboxylic acid groups (broad SMARTS) is 1. The normalized spacial score (nSPS) is 15.5. The van der Waals surface area contributed by atoms with Crippen LogP contribution < -0.4 is 0 Å². The van der Waals surface area contributed by atoms with Gasteiger partial charge < -0.3 is 10.0 Å². The van der Waals surface area contributed by atoms with E-state index >= 15 is 0 Å². The van der Waals surface area contributed by atoms with Gasteiger partial charge in [-0.3, -0.25) is 4.79 Å². The molecule has 1 N–H and O–H groups in total. The maximum atomic E-state index is 12.6. The fourth-order valence-corrected chi connectivity index (χ4v) is 2.91. The molecule has 0 bridgehead atoms. The molecule has 1 fully saturated rings. The van der Waals surface area contributed by atoms with Gasteiger partial charge in [0.1, 0.15) is 6.04 Å². The van der Waals surface area contributed by atoms with E-state index in [1.165, 1.54) is 0 Å². The van der Waals surface area contributed by atoms with Crippen molar-refractivity contribution in [3.05, 3.63) is 48.0 Å². The zero-order valence-corrected chi connectivity index (χ0v) is 12.5. The molecule has 3 rings (SSSR count). The topological polar surface area (TPSA) is 57.6 Å². The van der Waals surface area contributed by atoms with Gasteiger partial charge in [0.2, 0.25) is 5.91 Å². The number of hydrogen-bond donors (Lipinski definition) is 1. The molecule has 0 aliphatic heterocycles. The highest BCUT2D eigenvalue weighted by Crippen LogP contribution is 2.30. The number of amides is 1. The molecule has 1 aliphatic carbocycles. The quantitative estimate of drug-likeness (QED) is 0.923. The Morgan fingerprint density at radius 3 is 2.55 bits per heavy atom. The minimum Gasteiger partial charge on any atom is -0.480 e. The van der Waals surface area contributed by atoms with Crippen molar-refractivity contribution < 1.29 is 14.7 Å². The van der Waals surface area contributed by atoms with E-state index in [0.717, 1.165) is 29.2 Å². The molecular weight excluding hydrogens is 278 g/mol. The third kappa shape index (κ3) is 2.82. The number of nitrogens with zero attached hydrogens (tertiary/aromatic N) is 1. The van der Waals surface area contributed by atoms with Crippen molar-refractivity contribution >= 4 is 22.6 Å². The summed E-state index contributed by atoms with van der Waals surface area (Å²) in [7, 11) is 0. The molecule has 2 aromatic rings. The van der Waals surface area contributed by atoms with Crippen LogP contribution in [-0.4, -0.2) is 34.0 Å². The van der Waals surface area contributed by atoms with E-state index in [-0.39, 0.29) is 18.4 Å². The number of benzene rings is 2. The maximum absolute atomic E-state index is 12.6. The Bertz CT molecular complexity index is 716. The Morgan fingerprint density at radius 1 is 1.18 bits per heavy atom. The van der Waals surface area contributed by atoms with Crippen LogP contribution in [0.25, 0.3) is 10.8 Å². The van der Waals surface area contributed by atoms with Crippen LogP contribution in [-0.2, 0) is 16.0 Å². The molecule has 1 atom stereocenters. The van der Waals surface area contributed by atoms with E-state index in [2.05, 4.69) is 0 Å². The number of rotatable bonds is 5. The summed E-state index contributed by atoms with van der Waals surface area (Å²) in [6, 6.07) is 13.2. The Kier molecular flexibility index (Phi) is 3.84. The number of hydrogen-bond acceptors (Lipinski definition) is 2. The fraction of sp³-hybridized carbons (Fsp3) is 0.333. The van der Waals surface area contributed by atoms with Crippen molar-refractivity contribution in [3.63, 3.8) is 0 Å². The van der Waals surface area contributed by atoms with Crippen LogP contribution in [0.4, 0.5) is 0 Å². The molecule has 22 heavy (non-hydrogen) atoms. The van der Waals surface area contributed by atoms with E-state index in [0.29, 0.717) is 0 Å². The lowest BCUT2D eigenvalue weighted by atomic mass is 10.0. The molecule has 4 heteroatoms. The molecule has 0 spiro atoms. The Balaban J connectivity index is 1.87. The number of aliphatic carboxylic acids is 1. The van der Waals surface area contributed by atoms with Crippen molar-refractivity contribution in [3.8, 4) is 0 Å². The van der Waals surface area contributed by atoms with E-state index in [9.17, 15) is 14.7 Å². The third-order valence-electron chi connectivity index (χ3n) is 4.22. The van der Waals surface area contributed by atoms with E-state index in [1.54, 1.807) is 11.8 Å². The Labute approximate surface area is 129 Å². The van der Waals surface area contributed by atoms with E-state index < -0.39 is 12.0 Å². The van der Waals surface area contributed by atoms with Gasteiger partial charge in [0.15, 0.2) is 0 Å². The molecule has 1 saturated carbocycles. The average Bonchev–Trinajstić information content (AvgIpc) is 3.32. The minimum absolute atomic E-state index is 0.0913. The Hall–Kier alpha value is -2.36. The summed E-state index contributed by atoms with van der Waals surface area (Å²) in [5.41, 5.74) is 0.950. The molecule has 4 nitrogen and oxygen atoms in total. The fourth-order valence-electron chi connectivity index (χ4n) is 2.91. The summed E-state index contributed by atoms with van der Waals surface area (Å²) in [6.45, 7) is 1.58. The van der Waals surface area contributed by atoms with Crippen molar-refractivity contribution in [2.75, 3.05) is 0 Å². The van der Waals surface area contributed by atoms with Crippen LogP contribution >= 0.6 is 0 Å². The largest absolute Gasteiger partial charge is 0.480 e. The summed E-state index contributed by atoms with van der Waals surface area (Å²) in [6.07, 6.45) is 2.05. The number of carboxylic acids is 1. The summed E-state index contributed by atoms with van der Waals surface area (Å²) in [5, 5.41) is 11.4. The second-order valence-electron chi connectivity index (χ2n) is 5.86. The van der Waals surface area contributed by atoms with Gasteiger partial charge in [-0.2, -0.15) is 0 Å². The lowest BCUT2D eigenvalue weighted by molar-refractivity contribution is -0.149. The summed E-state index contributed by atoms with van der Waals surface area (Å²) in [5.74, 6) is -1.05. The molecule has 0 saturated heterocycles. The molecule has 1 amide bonds. The number of carbonyl (C=O) groups excluding carboxylic acids is 1. The first-order valence-electron chi connectivity index (χ1n) is 7.58. The first-order valence-corrected chi connectivity index (χ1v) is 7.58. The second kappa shape index (κ2) is 5.79. The van der Waals surface area contributed by atoms with Gasteiger partial charge in [-0.15, -0.1) is 0 Å². The molecule has 0 aromatic heterocycles. The minimum atomic E-state index is -0.946. The molecule has 0 heterocycles. The monoisotopic (exact) mass is 297 g/mol. The summed E-state index contributed by atoms with van der Waals surface area (Å²) in [4.78, 5) is 25.4. The highest BCUT2D eigenvalue weighted by atomic mass is 16.4. The van der Waals surface area contributed by atoms with Gasteiger partial charge in [0.05, 0.1) is 6.42 Å². The van der Waals surface area contributed by atoms with Gasteiger partial charge >= 0.3 is 5.97 Å². The second-order valence-corrected chi connectivity index (χ2v) is 5.86. The first-order chi connectivity index (χ1) is 10.6. The highest BCUT2D eigenvalue weighted by molar-refractivity contribution is 5.91. The predicted octanol–water partition coefficient (Wildman–Crippen LogP) is 2.85. The van der Waals surface area contributed by atoms with E-state index in [4.69, 9.17) is 0 Å². The van der Waals surface area contributed by atoms with Crippen molar-refractivity contribution in [2.24, 2.45) is 0 Å². The van der Waals surface area contributed by atoms with Crippen LogP contribution in [0, 0.1) is 0 Å². The summed E-state index contributed by atoms with van der Waals surface area (Å²) >= 11 is 0. The number of fused-ring (bicyclic) bond motifs is 1. The standard InChI is InChI=1S/C18H19NO3/c1-12(18(21)22)19(15-9-10-15)17(20)11-14-7-4-6-13-5-2-3-8-16(13)14/h2-8,12,15H,9-11H2,1H3,(H,21,22). The molecule has 1 aliphatic rings. The van der Waals surface area contributed by atoms with Crippen LogP contribution in [0.5, 0.6) is 0 Å². The average molecular weight is 297 g/mol. The smallest absolute Gasteiger partial charge is 0.326 e. The van der Waals surface area contributed by atoms with Crippen LogP contribution in [0.3, 0.4) is 0 Å². The Morgan fingerprint density at radius 2 is 1.86 bits per heavy atom. The van der Waals surface area contributed by atoms with Crippen molar-refractivity contribution in [1.29, 1.82) is 0 Å².